The van der Waals surface area contributed by atoms with Crippen molar-refractivity contribution >= 4 is 22.6 Å². The van der Waals surface area contributed by atoms with E-state index in [0.717, 1.165) is 16.8 Å². The molecule has 0 atom stereocenters. The lowest BCUT2D eigenvalue weighted by atomic mass is 10.2. The lowest BCUT2D eigenvalue weighted by Crippen LogP contribution is -2.14. The number of carbonyl (C=O) groups excluding carboxylic acids is 1. The Labute approximate surface area is 194 Å². The van der Waals surface area contributed by atoms with Gasteiger partial charge >= 0.3 is 0 Å². The van der Waals surface area contributed by atoms with E-state index < -0.39 is 5.91 Å². The maximum Gasteiger partial charge on any atom is 0.278 e. The van der Waals surface area contributed by atoms with Crippen LogP contribution in [-0.2, 0) is 0 Å². The van der Waals surface area contributed by atoms with Crippen molar-refractivity contribution in [2.24, 2.45) is 0 Å². The van der Waals surface area contributed by atoms with Crippen LogP contribution in [0.4, 0.5) is 5.69 Å². The maximum atomic E-state index is 13.0. The van der Waals surface area contributed by atoms with Crippen molar-refractivity contribution < 1.29 is 14.3 Å². The number of carbonyl (C=O) groups is 1. The number of rotatable bonds is 6. The third-order valence-electron chi connectivity index (χ3n) is 5.37. The highest BCUT2D eigenvalue weighted by Crippen LogP contribution is 2.33. The second kappa shape index (κ2) is 8.35. The number of methoxy groups -OCH3 is 2. The van der Waals surface area contributed by atoms with E-state index in [1.165, 1.54) is 11.0 Å². The molecule has 5 aromatic rings. The second-order valence-electron chi connectivity index (χ2n) is 7.68. The largest absolute Gasteiger partial charge is 0.493 e. The molecule has 172 valence electrons. The number of aromatic nitrogens is 7. The number of benzene rings is 2. The third kappa shape index (κ3) is 3.72. The van der Waals surface area contributed by atoms with Crippen molar-refractivity contribution in [1.82, 2.24) is 35.2 Å². The van der Waals surface area contributed by atoms with Gasteiger partial charge in [0.25, 0.3) is 5.91 Å². The number of ether oxygens (including phenoxy) is 2. The molecule has 0 saturated carbocycles. The van der Waals surface area contributed by atoms with E-state index in [2.05, 4.69) is 35.7 Å². The first-order valence-corrected chi connectivity index (χ1v) is 10.4. The van der Waals surface area contributed by atoms with Gasteiger partial charge in [-0.2, -0.15) is 15.0 Å². The number of hydrogen-bond donors (Lipinski definition) is 3. The van der Waals surface area contributed by atoms with Crippen molar-refractivity contribution in [2.75, 3.05) is 19.5 Å². The molecule has 3 N–H and O–H groups in total. The van der Waals surface area contributed by atoms with Gasteiger partial charge in [-0.15, -0.1) is 5.10 Å². The molecule has 0 fully saturated rings. The molecule has 0 aliphatic carbocycles. The fraction of sp³-hybridized carbons (Fsp3) is 0.174. The molecule has 0 bridgehead atoms. The highest BCUT2D eigenvalue weighted by Gasteiger charge is 2.20. The van der Waals surface area contributed by atoms with Gasteiger partial charge in [-0.25, -0.2) is 4.98 Å². The summed E-state index contributed by atoms with van der Waals surface area (Å²) in [6.45, 7) is 3.74. The van der Waals surface area contributed by atoms with Crippen LogP contribution in [0.5, 0.6) is 11.5 Å². The molecule has 1 amide bonds. The summed E-state index contributed by atoms with van der Waals surface area (Å²) in [5, 5.41) is 18.6. The van der Waals surface area contributed by atoms with E-state index >= 15 is 0 Å². The zero-order valence-corrected chi connectivity index (χ0v) is 19.0. The zero-order valence-electron chi connectivity index (χ0n) is 19.0. The van der Waals surface area contributed by atoms with Crippen LogP contribution >= 0.6 is 0 Å². The highest BCUT2D eigenvalue weighted by molar-refractivity contribution is 6.05. The summed E-state index contributed by atoms with van der Waals surface area (Å²) in [7, 11) is 3.14. The first-order valence-electron chi connectivity index (χ1n) is 10.4. The molecule has 34 heavy (non-hydrogen) atoms. The molecule has 0 radical (unpaired) electrons. The highest BCUT2D eigenvalue weighted by atomic mass is 16.5. The predicted octanol–water partition coefficient (Wildman–Crippen LogP) is 3.42. The van der Waals surface area contributed by atoms with E-state index in [1.54, 1.807) is 33.3 Å². The molecule has 0 aliphatic rings. The van der Waals surface area contributed by atoms with Crippen molar-refractivity contribution in [1.29, 1.82) is 0 Å². The average Bonchev–Trinajstić information content (AvgIpc) is 3.56. The molecule has 0 aliphatic heterocycles. The Morgan fingerprint density at radius 2 is 1.76 bits per heavy atom. The number of H-pyrrole nitrogens is 2. The van der Waals surface area contributed by atoms with Gasteiger partial charge in [-0.1, -0.05) is 17.7 Å². The summed E-state index contributed by atoms with van der Waals surface area (Å²) < 4.78 is 10.7. The molecule has 0 saturated heterocycles. The molecular weight excluding hydrogens is 436 g/mol. The SMILES string of the molecule is COc1cc2nc(-c3[nH]ncc3NC(=O)c3nn(-c4ccc(C)cc4)nc3C)[nH]c2cc1OC. The number of anilines is 1. The third-order valence-corrected chi connectivity index (χ3v) is 5.37. The topological polar surface area (TPSA) is 136 Å². The Morgan fingerprint density at radius 3 is 2.50 bits per heavy atom. The smallest absolute Gasteiger partial charge is 0.278 e. The van der Waals surface area contributed by atoms with Crippen LogP contribution in [0.1, 0.15) is 21.7 Å². The fourth-order valence-electron chi connectivity index (χ4n) is 3.58. The minimum atomic E-state index is -0.405. The number of aryl methyl sites for hydroxylation is 2. The molecule has 3 heterocycles. The predicted molar refractivity (Wildman–Crippen MR) is 126 cm³/mol. The number of aromatic amines is 2. The molecule has 11 heteroatoms. The number of nitrogens with zero attached hydrogens (tertiary/aromatic N) is 5. The molecule has 3 aromatic heterocycles. The molecule has 11 nitrogen and oxygen atoms in total. The normalized spacial score (nSPS) is 11.1. The summed E-state index contributed by atoms with van der Waals surface area (Å²) >= 11 is 0. The average molecular weight is 458 g/mol. The van der Waals surface area contributed by atoms with Gasteiger partial charge in [-0.3, -0.25) is 9.89 Å². The van der Waals surface area contributed by atoms with Gasteiger partial charge < -0.3 is 19.8 Å². The standard InChI is InChI=1S/C23H22N8O3/c1-12-5-7-14(8-6-12)31-29-13(2)20(30-31)23(32)27-17-11-24-28-21(17)22-25-15-9-18(33-3)19(34-4)10-16(15)26-22/h5-11H,1-4H3,(H,24,28)(H,25,26)(H,27,32). The number of nitrogens with one attached hydrogen (secondary N) is 3. The van der Waals surface area contributed by atoms with Crippen molar-refractivity contribution in [3.8, 4) is 28.7 Å². The van der Waals surface area contributed by atoms with E-state index in [4.69, 9.17) is 9.47 Å². The van der Waals surface area contributed by atoms with E-state index in [9.17, 15) is 4.79 Å². The van der Waals surface area contributed by atoms with Crippen LogP contribution in [0.25, 0.3) is 28.2 Å². The van der Waals surface area contributed by atoms with E-state index in [0.29, 0.717) is 39.9 Å². The summed E-state index contributed by atoms with van der Waals surface area (Å²) in [4.78, 5) is 22.3. The second-order valence-corrected chi connectivity index (χ2v) is 7.68. The van der Waals surface area contributed by atoms with Gasteiger partial charge in [-0.05, 0) is 26.0 Å². The zero-order chi connectivity index (χ0) is 23.8. The number of amides is 1. The van der Waals surface area contributed by atoms with Crippen LogP contribution in [0.2, 0.25) is 0 Å². The van der Waals surface area contributed by atoms with Gasteiger partial charge in [0.2, 0.25) is 0 Å². The molecule has 5 rings (SSSR count). The van der Waals surface area contributed by atoms with Crippen molar-refractivity contribution in [3.63, 3.8) is 0 Å². The summed E-state index contributed by atoms with van der Waals surface area (Å²) in [6, 6.07) is 11.3. The van der Waals surface area contributed by atoms with Crippen LogP contribution in [0.15, 0.2) is 42.6 Å². The van der Waals surface area contributed by atoms with Gasteiger partial charge in [0.05, 0.1) is 48.5 Å². The van der Waals surface area contributed by atoms with E-state index in [1.807, 2.05) is 31.2 Å². The Hall–Kier alpha value is -4.67. The fourth-order valence-corrected chi connectivity index (χ4v) is 3.58. The Balaban J connectivity index is 1.43. The minimum absolute atomic E-state index is 0.215. The van der Waals surface area contributed by atoms with Crippen LogP contribution in [0.3, 0.4) is 0 Å². The first kappa shape index (κ1) is 21.2. The maximum absolute atomic E-state index is 13.0. The Kier molecular flexibility index (Phi) is 5.21. The molecule has 0 unspecified atom stereocenters. The van der Waals surface area contributed by atoms with E-state index in [-0.39, 0.29) is 5.69 Å². The van der Waals surface area contributed by atoms with Gasteiger partial charge in [0.1, 0.15) is 5.69 Å². The van der Waals surface area contributed by atoms with Crippen molar-refractivity contribution in [2.45, 2.75) is 13.8 Å². The quantitative estimate of drug-likeness (QED) is 0.355. The van der Waals surface area contributed by atoms with Gasteiger partial charge in [0.15, 0.2) is 23.0 Å². The number of imidazole rings is 1. The monoisotopic (exact) mass is 458 g/mol. The van der Waals surface area contributed by atoms with Gasteiger partial charge in [0, 0.05) is 12.1 Å². The Morgan fingerprint density at radius 1 is 1.03 bits per heavy atom. The first-order chi connectivity index (χ1) is 16.5. The summed E-state index contributed by atoms with van der Waals surface area (Å²) in [6.07, 6.45) is 1.52. The number of hydrogen-bond acceptors (Lipinski definition) is 7. The molecule has 2 aromatic carbocycles. The lowest BCUT2D eigenvalue weighted by Gasteiger charge is -2.06. The summed E-state index contributed by atoms with van der Waals surface area (Å²) in [5.41, 5.74) is 5.01. The van der Waals surface area contributed by atoms with Crippen molar-refractivity contribution in [3.05, 3.63) is 59.5 Å². The lowest BCUT2D eigenvalue weighted by molar-refractivity contribution is 0.102. The molecular formula is C23H22N8O3. The van der Waals surface area contributed by atoms with Crippen LogP contribution in [-0.4, -0.2) is 55.3 Å². The summed E-state index contributed by atoms with van der Waals surface area (Å²) in [5.74, 6) is 1.24. The van der Waals surface area contributed by atoms with Crippen LogP contribution in [0, 0.1) is 13.8 Å². The van der Waals surface area contributed by atoms with Crippen LogP contribution < -0.4 is 14.8 Å². The Bertz CT molecular complexity index is 1460. The molecule has 0 spiro atoms. The minimum Gasteiger partial charge on any atom is -0.493 e. The number of fused-ring (bicyclic) bond motifs is 1.